The summed E-state index contributed by atoms with van der Waals surface area (Å²) in [6.45, 7) is 8.34. The summed E-state index contributed by atoms with van der Waals surface area (Å²) in [5, 5.41) is 0. The lowest BCUT2D eigenvalue weighted by atomic mass is 9.96. The van der Waals surface area contributed by atoms with Crippen molar-refractivity contribution in [2.45, 2.75) is 53.4 Å². The van der Waals surface area contributed by atoms with Gasteiger partial charge in [-0.15, -0.1) is 0 Å². The first-order valence-electron chi connectivity index (χ1n) is 6.87. The van der Waals surface area contributed by atoms with Crippen LogP contribution in [0.4, 0.5) is 0 Å². The summed E-state index contributed by atoms with van der Waals surface area (Å²) in [4.78, 5) is 23.3. The van der Waals surface area contributed by atoms with Gasteiger partial charge in [-0.1, -0.05) is 40.5 Å². The summed E-state index contributed by atoms with van der Waals surface area (Å²) in [6.07, 6.45) is 3.67. The van der Waals surface area contributed by atoms with Crippen LogP contribution in [0.2, 0.25) is 0 Å². The molecule has 0 bridgehead atoms. The zero-order chi connectivity index (χ0) is 14.0. The van der Waals surface area contributed by atoms with E-state index in [0.29, 0.717) is 13.2 Å². The van der Waals surface area contributed by atoms with Gasteiger partial charge in [0.1, 0.15) is 0 Å². The molecule has 18 heavy (non-hydrogen) atoms. The Labute approximate surface area is 110 Å². The molecule has 0 aliphatic rings. The van der Waals surface area contributed by atoms with E-state index in [9.17, 15) is 9.59 Å². The van der Waals surface area contributed by atoms with E-state index in [1.807, 2.05) is 13.8 Å². The van der Waals surface area contributed by atoms with Gasteiger partial charge in [0.15, 0.2) is 0 Å². The average molecular weight is 258 g/mol. The van der Waals surface area contributed by atoms with Gasteiger partial charge in [0, 0.05) is 0 Å². The van der Waals surface area contributed by atoms with Crippen LogP contribution < -0.4 is 0 Å². The summed E-state index contributed by atoms with van der Waals surface area (Å²) in [6, 6.07) is 0. The van der Waals surface area contributed by atoms with Crippen molar-refractivity contribution < 1.29 is 19.1 Å². The third-order valence-corrected chi connectivity index (χ3v) is 2.98. The van der Waals surface area contributed by atoms with Crippen LogP contribution in [0.5, 0.6) is 0 Å². The molecule has 0 saturated carbocycles. The quantitative estimate of drug-likeness (QED) is 0.471. The molecule has 0 N–H and O–H groups in total. The molecule has 0 saturated heterocycles. The lowest BCUT2D eigenvalue weighted by Gasteiger charge is -2.17. The van der Waals surface area contributed by atoms with Crippen LogP contribution in [0.3, 0.4) is 0 Å². The second kappa shape index (κ2) is 9.92. The zero-order valence-corrected chi connectivity index (χ0v) is 12.0. The highest BCUT2D eigenvalue weighted by atomic mass is 16.5. The first-order valence-corrected chi connectivity index (χ1v) is 6.87. The molecule has 0 fully saturated rings. The molecule has 2 atom stereocenters. The Bertz CT molecular complexity index is 224. The topological polar surface area (TPSA) is 52.6 Å². The molecule has 4 nitrogen and oxygen atoms in total. The van der Waals surface area contributed by atoms with E-state index in [4.69, 9.17) is 9.47 Å². The van der Waals surface area contributed by atoms with Crippen LogP contribution in [0.15, 0.2) is 0 Å². The normalized spacial score (nSPS) is 13.8. The standard InChI is InChI=1S/C14H26O4/c1-5-7-9-17-13(15)11(3)12(4)14(16)18-10-8-6-2/h11-12H,5-10H2,1-4H3/t11-,12+. The molecular weight excluding hydrogens is 232 g/mol. The Morgan fingerprint density at radius 3 is 1.44 bits per heavy atom. The number of hydrogen-bond donors (Lipinski definition) is 0. The minimum Gasteiger partial charge on any atom is -0.465 e. The van der Waals surface area contributed by atoms with Crippen molar-refractivity contribution >= 4 is 11.9 Å². The second-order valence-electron chi connectivity index (χ2n) is 4.62. The molecule has 0 heterocycles. The van der Waals surface area contributed by atoms with Gasteiger partial charge in [0.05, 0.1) is 25.0 Å². The smallest absolute Gasteiger partial charge is 0.309 e. The molecule has 0 amide bonds. The van der Waals surface area contributed by atoms with Crippen molar-refractivity contribution in [2.24, 2.45) is 11.8 Å². The van der Waals surface area contributed by atoms with Gasteiger partial charge in [0.2, 0.25) is 0 Å². The Balaban J connectivity index is 4.02. The largest absolute Gasteiger partial charge is 0.465 e. The number of rotatable bonds is 9. The molecule has 0 radical (unpaired) electrons. The first-order chi connectivity index (χ1) is 8.54. The molecule has 0 unspecified atom stereocenters. The lowest BCUT2D eigenvalue weighted by molar-refractivity contribution is -0.159. The molecule has 4 heteroatoms. The minimum absolute atomic E-state index is 0.316. The van der Waals surface area contributed by atoms with Crippen molar-refractivity contribution in [1.82, 2.24) is 0 Å². The maximum absolute atomic E-state index is 11.7. The SMILES string of the molecule is CCCCOC(=O)[C@@H](C)[C@@H](C)C(=O)OCCCC. The maximum Gasteiger partial charge on any atom is 0.309 e. The lowest BCUT2D eigenvalue weighted by Crippen LogP contribution is -2.29. The van der Waals surface area contributed by atoms with Crippen molar-refractivity contribution in [1.29, 1.82) is 0 Å². The molecule has 0 aromatic carbocycles. The molecule has 106 valence electrons. The fraction of sp³-hybridized carbons (Fsp3) is 0.857. The van der Waals surface area contributed by atoms with E-state index in [2.05, 4.69) is 0 Å². The number of carbonyl (C=O) groups is 2. The van der Waals surface area contributed by atoms with Gasteiger partial charge in [0.25, 0.3) is 0 Å². The highest BCUT2D eigenvalue weighted by molar-refractivity contribution is 5.81. The van der Waals surface area contributed by atoms with Gasteiger partial charge in [-0.25, -0.2) is 0 Å². The Hall–Kier alpha value is -1.06. The predicted octanol–water partition coefficient (Wildman–Crippen LogP) is 2.95. The van der Waals surface area contributed by atoms with Crippen LogP contribution >= 0.6 is 0 Å². The second-order valence-corrected chi connectivity index (χ2v) is 4.62. The van der Waals surface area contributed by atoms with Crippen molar-refractivity contribution in [3.63, 3.8) is 0 Å². The molecule has 0 aromatic rings. The van der Waals surface area contributed by atoms with Gasteiger partial charge < -0.3 is 9.47 Å². The van der Waals surface area contributed by atoms with E-state index in [-0.39, 0.29) is 11.9 Å². The molecule has 0 aliphatic heterocycles. The minimum atomic E-state index is -0.448. The highest BCUT2D eigenvalue weighted by Gasteiger charge is 2.28. The summed E-state index contributed by atoms with van der Waals surface area (Å²) in [5.41, 5.74) is 0. The van der Waals surface area contributed by atoms with Crippen LogP contribution in [-0.2, 0) is 19.1 Å². The Morgan fingerprint density at radius 1 is 0.833 bits per heavy atom. The molecule has 0 spiro atoms. The fourth-order valence-electron chi connectivity index (χ4n) is 1.31. The molecular formula is C14H26O4. The third-order valence-electron chi connectivity index (χ3n) is 2.98. The Kier molecular flexibility index (Phi) is 9.33. The number of hydrogen-bond acceptors (Lipinski definition) is 4. The van der Waals surface area contributed by atoms with Crippen molar-refractivity contribution in [3.8, 4) is 0 Å². The third kappa shape index (κ3) is 6.62. The molecule has 0 rings (SSSR count). The van der Waals surface area contributed by atoms with Gasteiger partial charge >= 0.3 is 11.9 Å². The van der Waals surface area contributed by atoms with Gasteiger partial charge in [-0.3, -0.25) is 9.59 Å². The zero-order valence-electron chi connectivity index (χ0n) is 12.0. The maximum atomic E-state index is 11.7. The first kappa shape index (κ1) is 16.9. The van der Waals surface area contributed by atoms with Crippen molar-refractivity contribution in [2.75, 3.05) is 13.2 Å². The number of unbranched alkanes of at least 4 members (excludes halogenated alkanes) is 2. The summed E-state index contributed by atoms with van der Waals surface area (Å²) >= 11 is 0. The van der Waals surface area contributed by atoms with E-state index in [1.165, 1.54) is 0 Å². The number of esters is 2. The van der Waals surface area contributed by atoms with Gasteiger partial charge in [-0.05, 0) is 12.8 Å². The van der Waals surface area contributed by atoms with Crippen LogP contribution in [0.25, 0.3) is 0 Å². The van der Waals surface area contributed by atoms with Crippen molar-refractivity contribution in [3.05, 3.63) is 0 Å². The van der Waals surface area contributed by atoms with Crippen LogP contribution in [-0.4, -0.2) is 25.2 Å². The summed E-state index contributed by atoms with van der Waals surface area (Å²) in [7, 11) is 0. The summed E-state index contributed by atoms with van der Waals surface area (Å²) in [5.74, 6) is -1.53. The van der Waals surface area contributed by atoms with E-state index < -0.39 is 11.8 Å². The average Bonchev–Trinajstić information content (AvgIpc) is 2.37. The van der Waals surface area contributed by atoms with E-state index in [0.717, 1.165) is 25.7 Å². The van der Waals surface area contributed by atoms with E-state index in [1.54, 1.807) is 13.8 Å². The predicted molar refractivity (Wildman–Crippen MR) is 70.1 cm³/mol. The van der Waals surface area contributed by atoms with E-state index >= 15 is 0 Å². The van der Waals surface area contributed by atoms with Crippen LogP contribution in [0.1, 0.15) is 53.4 Å². The molecule has 0 aliphatic carbocycles. The van der Waals surface area contributed by atoms with Crippen LogP contribution in [0, 0.1) is 11.8 Å². The number of ether oxygens (including phenoxy) is 2. The fourth-order valence-corrected chi connectivity index (χ4v) is 1.31. The monoisotopic (exact) mass is 258 g/mol. The number of carbonyl (C=O) groups excluding carboxylic acids is 2. The highest BCUT2D eigenvalue weighted by Crippen LogP contribution is 2.15. The summed E-state index contributed by atoms with van der Waals surface area (Å²) < 4.78 is 10.2. The molecule has 0 aromatic heterocycles. The van der Waals surface area contributed by atoms with Gasteiger partial charge in [-0.2, -0.15) is 0 Å². The Morgan fingerprint density at radius 2 is 1.17 bits per heavy atom.